The molecule has 1 amide bonds. The molecule has 0 unspecified atom stereocenters. The summed E-state index contributed by atoms with van der Waals surface area (Å²) >= 11 is 0. The molecule has 0 aliphatic heterocycles. The molecular weight excluding hydrogens is 418 g/mol. The summed E-state index contributed by atoms with van der Waals surface area (Å²) in [5.74, 6) is 1.90. The largest absolute Gasteiger partial charge is 0.493 e. The SMILES string of the molecule is CCCCCNC(=O)/C=C(\C)c1cc2c(-c3ccc(OC)c(OC)c3)coc2cc1OCC. The van der Waals surface area contributed by atoms with Gasteiger partial charge in [0.15, 0.2) is 11.5 Å². The van der Waals surface area contributed by atoms with E-state index < -0.39 is 0 Å². The predicted molar refractivity (Wildman–Crippen MR) is 132 cm³/mol. The molecule has 1 heterocycles. The van der Waals surface area contributed by atoms with Crippen LogP contribution in [0.15, 0.2) is 47.1 Å². The molecule has 0 bridgehead atoms. The lowest BCUT2D eigenvalue weighted by atomic mass is 9.99. The summed E-state index contributed by atoms with van der Waals surface area (Å²) in [6.07, 6.45) is 6.56. The Morgan fingerprint density at radius 1 is 1.03 bits per heavy atom. The fourth-order valence-electron chi connectivity index (χ4n) is 3.78. The van der Waals surface area contributed by atoms with Crippen LogP contribution in [0.4, 0.5) is 0 Å². The molecule has 3 aromatic rings. The number of allylic oxidation sites excluding steroid dienone is 1. The Morgan fingerprint density at radius 2 is 1.82 bits per heavy atom. The third-order valence-corrected chi connectivity index (χ3v) is 5.52. The van der Waals surface area contributed by atoms with Gasteiger partial charge < -0.3 is 23.9 Å². The Kier molecular flexibility index (Phi) is 8.41. The second kappa shape index (κ2) is 11.5. The van der Waals surface area contributed by atoms with E-state index in [4.69, 9.17) is 18.6 Å². The van der Waals surface area contributed by atoms with Crippen molar-refractivity contribution < 1.29 is 23.4 Å². The average Bonchev–Trinajstić information content (AvgIpc) is 3.23. The van der Waals surface area contributed by atoms with Gasteiger partial charge in [0.25, 0.3) is 0 Å². The second-order valence-electron chi connectivity index (χ2n) is 7.82. The van der Waals surface area contributed by atoms with Crippen LogP contribution in [0.3, 0.4) is 0 Å². The summed E-state index contributed by atoms with van der Waals surface area (Å²) in [6.45, 7) is 7.19. The summed E-state index contributed by atoms with van der Waals surface area (Å²) in [6, 6.07) is 9.66. The van der Waals surface area contributed by atoms with Crippen molar-refractivity contribution in [3.63, 3.8) is 0 Å². The quantitative estimate of drug-likeness (QED) is 0.277. The molecule has 0 radical (unpaired) electrons. The average molecular weight is 452 g/mol. The van der Waals surface area contributed by atoms with Crippen molar-refractivity contribution in [3.05, 3.63) is 48.2 Å². The zero-order chi connectivity index (χ0) is 23.8. The smallest absolute Gasteiger partial charge is 0.244 e. The molecule has 1 N–H and O–H groups in total. The molecule has 0 fully saturated rings. The van der Waals surface area contributed by atoms with Crippen molar-refractivity contribution in [2.24, 2.45) is 0 Å². The number of hydrogen-bond acceptors (Lipinski definition) is 5. The van der Waals surface area contributed by atoms with Gasteiger partial charge in [-0.25, -0.2) is 0 Å². The van der Waals surface area contributed by atoms with Crippen LogP contribution >= 0.6 is 0 Å². The van der Waals surface area contributed by atoms with E-state index in [1.165, 1.54) is 0 Å². The monoisotopic (exact) mass is 451 g/mol. The Balaban J connectivity index is 2.00. The fraction of sp³-hybridized carbons (Fsp3) is 0.370. The minimum absolute atomic E-state index is 0.0987. The number of benzene rings is 2. The molecule has 0 spiro atoms. The van der Waals surface area contributed by atoms with Crippen LogP contribution in [0.25, 0.3) is 27.7 Å². The van der Waals surface area contributed by atoms with Crippen molar-refractivity contribution in [2.45, 2.75) is 40.0 Å². The molecule has 0 aliphatic carbocycles. The summed E-state index contributed by atoms with van der Waals surface area (Å²) in [5.41, 5.74) is 4.26. The number of amides is 1. The van der Waals surface area contributed by atoms with Gasteiger partial charge >= 0.3 is 0 Å². The number of fused-ring (bicyclic) bond motifs is 1. The maximum atomic E-state index is 12.4. The Labute approximate surface area is 195 Å². The van der Waals surface area contributed by atoms with Crippen molar-refractivity contribution in [1.29, 1.82) is 0 Å². The molecule has 3 rings (SSSR count). The zero-order valence-corrected chi connectivity index (χ0v) is 20.1. The van der Waals surface area contributed by atoms with Crippen molar-refractivity contribution in [3.8, 4) is 28.4 Å². The summed E-state index contributed by atoms with van der Waals surface area (Å²) in [4.78, 5) is 12.4. The number of ether oxygens (including phenoxy) is 3. The fourth-order valence-corrected chi connectivity index (χ4v) is 3.78. The van der Waals surface area contributed by atoms with E-state index in [0.29, 0.717) is 36.0 Å². The third-order valence-electron chi connectivity index (χ3n) is 5.52. The highest BCUT2D eigenvalue weighted by Gasteiger charge is 2.16. The van der Waals surface area contributed by atoms with E-state index in [0.717, 1.165) is 46.9 Å². The van der Waals surface area contributed by atoms with Gasteiger partial charge in [-0.15, -0.1) is 0 Å². The zero-order valence-electron chi connectivity index (χ0n) is 20.1. The molecule has 6 nitrogen and oxygen atoms in total. The molecule has 176 valence electrons. The summed E-state index contributed by atoms with van der Waals surface area (Å²) < 4.78 is 22.6. The van der Waals surface area contributed by atoms with Crippen molar-refractivity contribution in [1.82, 2.24) is 5.32 Å². The Morgan fingerprint density at radius 3 is 2.52 bits per heavy atom. The van der Waals surface area contributed by atoms with Crippen LogP contribution in [0.2, 0.25) is 0 Å². The highest BCUT2D eigenvalue weighted by Crippen LogP contribution is 2.40. The number of carbonyl (C=O) groups is 1. The van der Waals surface area contributed by atoms with E-state index in [2.05, 4.69) is 12.2 Å². The van der Waals surface area contributed by atoms with E-state index in [9.17, 15) is 4.79 Å². The Bertz CT molecular complexity index is 1130. The van der Waals surface area contributed by atoms with Gasteiger partial charge in [0.1, 0.15) is 11.3 Å². The highest BCUT2D eigenvalue weighted by atomic mass is 16.5. The van der Waals surface area contributed by atoms with Crippen LogP contribution in [-0.2, 0) is 4.79 Å². The van der Waals surface area contributed by atoms with E-state index in [-0.39, 0.29) is 5.91 Å². The highest BCUT2D eigenvalue weighted by molar-refractivity contribution is 6.00. The lowest BCUT2D eigenvalue weighted by molar-refractivity contribution is -0.116. The number of unbranched alkanes of at least 4 members (excludes halogenated alkanes) is 2. The third kappa shape index (κ3) is 5.69. The molecule has 2 aromatic carbocycles. The van der Waals surface area contributed by atoms with E-state index in [1.54, 1.807) is 26.6 Å². The second-order valence-corrected chi connectivity index (χ2v) is 7.82. The molecular formula is C27H33NO5. The number of methoxy groups -OCH3 is 2. The van der Waals surface area contributed by atoms with Crippen LogP contribution in [0.5, 0.6) is 17.2 Å². The van der Waals surface area contributed by atoms with Gasteiger partial charge in [-0.05, 0) is 49.6 Å². The van der Waals surface area contributed by atoms with Crippen LogP contribution in [-0.4, -0.2) is 33.3 Å². The molecule has 0 aliphatic rings. The first kappa shape index (κ1) is 24.2. The van der Waals surface area contributed by atoms with Crippen LogP contribution in [0.1, 0.15) is 45.6 Å². The maximum absolute atomic E-state index is 12.4. The standard InChI is InChI=1S/C27H33NO5/c1-6-8-9-12-28-27(29)13-18(3)20-15-21-22(17-33-25(21)16-24(20)32-7-2)19-10-11-23(30-4)26(14-19)31-5/h10-11,13-17H,6-9,12H2,1-5H3,(H,28,29)/b18-13+. The van der Waals surface area contributed by atoms with Crippen LogP contribution in [0, 0.1) is 0 Å². The Hall–Kier alpha value is -3.41. The summed E-state index contributed by atoms with van der Waals surface area (Å²) in [7, 11) is 3.23. The van der Waals surface area contributed by atoms with Gasteiger partial charge in [0, 0.05) is 35.2 Å². The van der Waals surface area contributed by atoms with E-state index >= 15 is 0 Å². The normalized spacial score (nSPS) is 11.5. The minimum atomic E-state index is -0.0987. The molecule has 6 heteroatoms. The lowest BCUT2D eigenvalue weighted by Crippen LogP contribution is -2.22. The predicted octanol–water partition coefficient (Wildman–Crippen LogP) is 6.23. The first-order chi connectivity index (χ1) is 16.0. The summed E-state index contributed by atoms with van der Waals surface area (Å²) in [5, 5.41) is 3.89. The van der Waals surface area contributed by atoms with Gasteiger partial charge in [-0.3, -0.25) is 4.79 Å². The number of nitrogens with one attached hydrogen (secondary N) is 1. The van der Waals surface area contributed by atoms with Crippen molar-refractivity contribution in [2.75, 3.05) is 27.4 Å². The van der Waals surface area contributed by atoms with Gasteiger partial charge in [-0.1, -0.05) is 25.8 Å². The number of carbonyl (C=O) groups excluding carboxylic acids is 1. The first-order valence-electron chi connectivity index (χ1n) is 11.4. The van der Waals surface area contributed by atoms with Gasteiger partial charge in [-0.2, -0.15) is 0 Å². The van der Waals surface area contributed by atoms with Gasteiger partial charge in [0.2, 0.25) is 5.91 Å². The lowest BCUT2D eigenvalue weighted by Gasteiger charge is -2.12. The van der Waals surface area contributed by atoms with Gasteiger partial charge in [0.05, 0.1) is 27.1 Å². The molecule has 0 atom stereocenters. The number of hydrogen-bond donors (Lipinski definition) is 1. The minimum Gasteiger partial charge on any atom is -0.493 e. The number of furan rings is 1. The van der Waals surface area contributed by atoms with E-state index in [1.807, 2.05) is 44.2 Å². The number of rotatable bonds is 11. The topological polar surface area (TPSA) is 69.9 Å². The maximum Gasteiger partial charge on any atom is 0.244 e. The molecule has 33 heavy (non-hydrogen) atoms. The molecule has 0 saturated carbocycles. The molecule has 0 saturated heterocycles. The molecule has 1 aromatic heterocycles. The first-order valence-corrected chi connectivity index (χ1v) is 11.4. The van der Waals surface area contributed by atoms with Crippen LogP contribution < -0.4 is 19.5 Å². The van der Waals surface area contributed by atoms with Crippen molar-refractivity contribution >= 4 is 22.4 Å².